The third-order valence-corrected chi connectivity index (χ3v) is 5.48. The first-order valence-corrected chi connectivity index (χ1v) is 9.89. The van der Waals surface area contributed by atoms with Gasteiger partial charge in [0.05, 0.1) is 32.0 Å². The summed E-state index contributed by atoms with van der Waals surface area (Å²) in [5.41, 5.74) is 2.35. The molecule has 3 aromatic rings. The number of hydrogen-bond donors (Lipinski definition) is 0. The van der Waals surface area contributed by atoms with Crippen molar-refractivity contribution in [2.45, 2.75) is 38.8 Å². The number of carbonyl (C=O) groups excluding carboxylic acids is 1. The van der Waals surface area contributed by atoms with Crippen molar-refractivity contribution in [1.29, 1.82) is 0 Å². The Labute approximate surface area is 170 Å². The summed E-state index contributed by atoms with van der Waals surface area (Å²) in [6.45, 7) is 4.82. The molecule has 0 spiro atoms. The largest absolute Gasteiger partial charge is 0.497 e. The molecule has 1 amide bonds. The third kappa shape index (κ3) is 3.41. The number of amides is 1. The van der Waals surface area contributed by atoms with Crippen LogP contribution >= 0.6 is 0 Å². The van der Waals surface area contributed by atoms with Gasteiger partial charge in [-0.15, -0.1) is 0 Å². The highest BCUT2D eigenvalue weighted by Crippen LogP contribution is 2.39. The van der Waals surface area contributed by atoms with Gasteiger partial charge < -0.3 is 14.4 Å². The Bertz CT molecular complexity index is 1040. The molecule has 29 heavy (non-hydrogen) atoms. The van der Waals surface area contributed by atoms with E-state index in [1.165, 1.54) is 0 Å². The van der Waals surface area contributed by atoms with Crippen LogP contribution in [0, 0.1) is 0 Å². The maximum absolute atomic E-state index is 13.4. The van der Waals surface area contributed by atoms with Crippen molar-refractivity contribution in [3.63, 3.8) is 0 Å². The number of methoxy groups -OCH3 is 2. The van der Waals surface area contributed by atoms with Gasteiger partial charge in [0.15, 0.2) is 5.65 Å². The fourth-order valence-corrected chi connectivity index (χ4v) is 4.03. The molecule has 0 saturated carbocycles. The maximum Gasteiger partial charge on any atom is 0.255 e. The summed E-state index contributed by atoms with van der Waals surface area (Å²) in [6.07, 6.45) is 5.25. The summed E-state index contributed by atoms with van der Waals surface area (Å²) in [5.74, 6) is 1.50. The van der Waals surface area contributed by atoms with Crippen LogP contribution in [0.15, 0.2) is 36.7 Å². The molecule has 0 N–H and O–H groups in total. The highest BCUT2D eigenvalue weighted by atomic mass is 16.5. The Morgan fingerprint density at radius 3 is 2.72 bits per heavy atom. The van der Waals surface area contributed by atoms with E-state index in [1.807, 2.05) is 33.8 Å². The molecule has 1 aliphatic heterocycles. The smallest absolute Gasteiger partial charge is 0.255 e. The van der Waals surface area contributed by atoms with E-state index in [2.05, 4.69) is 23.9 Å². The minimum absolute atomic E-state index is 0.0240. The number of aromatic nitrogens is 3. The first-order chi connectivity index (χ1) is 14.0. The molecule has 1 saturated heterocycles. The zero-order valence-electron chi connectivity index (χ0n) is 17.3. The summed E-state index contributed by atoms with van der Waals surface area (Å²) in [7, 11) is 3.29. The number of carbonyl (C=O) groups is 1. The van der Waals surface area contributed by atoms with E-state index in [0.717, 1.165) is 40.9 Å². The van der Waals surface area contributed by atoms with Gasteiger partial charge in [-0.25, -0.2) is 9.67 Å². The minimum Gasteiger partial charge on any atom is -0.497 e. The third-order valence-electron chi connectivity index (χ3n) is 5.48. The summed E-state index contributed by atoms with van der Waals surface area (Å²) >= 11 is 0. The molecular weight excluding hydrogens is 368 g/mol. The molecule has 7 nitrogen and oxygen atoms in total. The first-order valence-electron chi connectivity index (χ1n) is 9.89. The van der Waals surface area contributed by atoms with E-state index in [1.54, 1.807) is 26.6 Å². The Hall–Kier alpha value is -3.09. The van der Waals surface area contributed by atoms with Crippen molar-refractivity contribution < 1.29 is 14.3 Å². The van der Waals surface area contributed by atoms with E-state index in [0.29, 0.717) is 12.1 Å². The van der Waals surface area contributed by atoms with E-state index in [9.17, 15) is 4.79 Å². The molecule has 1 unspecified atom stereocenters. The standard InChI is InChI=1S/C22H26N4O3/c1-14(2)26-21-15(13-24-26)10-16(12-23-21)22(27)25-9-5-6-19(25)18-11-17(28-3)7-8-20(18)29-4/h7-8,10-14,19H,5-6,9H2,1-4H3. The molecule has 4 rings (SSSR count). The predicted octanol–water partition coefficient (Wildman–Crippen LogP) is 4.01. The monoisotopic (exact) mass is 394 g/mol. The van der Waals surface area contributed by atoms with Crippen LogP contribution in [-0.4, -0.2) is 46.3 Å². The lowest BCUT2D eigenvalue weighted by Crippen LogP contribution is -2.30. The maximum atomic E-state index is 13.4. The number of likely N-dealkylation sites (tertiary alicyclic amines) is 1. The Morgan fingerprint density at radius 2 is 2.00 bits per heavy atom. The predicted molar refractivity (Wildman–Crippen MR) is 110 cm³/mol. The minimum atomic E-state index is -0.0540. The van der Waals surface area contributed by atoms with Crippen molar-refractivity contribution in [2.24, 2.45) is 0 Å². The molecule has 0 radical (unpaired) electrons. The molecule has 3 heterocycles. The van der Waals surface area contributed by atoms with E-state index < -0.39 is 0 Å². The van der Waals surface area contributed by atoms with Gasteiger partial charge in [-0.1, -0.05) is 0 Å². The molecule has 1 aromatic carbocycles. The summed E-state index contributed by atoms with van der Waals surface area (Å²) in [6, 6.07) is 7.76. The van der Waals surface area contributed by atoms with Gasteiger partial charge in [0.25, 0.3) is 5.91 Å². The highest BCUT2D eigenvalue weighted by molar-refractivity contribution is 5.97. The molecule has 0 bridgehead atoms. The number of hydrogen-bond acceptors (Lipinski definition) is 5. The van der Waals surface area contributed by atoms with E-state index >= 15 is 0 Å². The van der Waals surface area contributed by atoms with Crippen LogP contribution in [0.5, 0.6) is 11.5 Å². The van der Waals surface area contributed by atoms with Crippen molar-refractivity contribution >= 4 is 16.9 Å². The van der Waals surface area contributed by atoms with Gasteiger partial charge in [-0.3, -0.25) is 4.79 Å². The van der Waals surface area contributed by atoms with Gasteiger partial charge in [0.2, 0.25) is 0 Å². The number of pyridine rings is 1. The molecule has 0 aliphatic carbocycles. The number of rotatable bonds is 5. The topological polar surface area (TPSA) is 69.5 Å². The Kier molecular flexibility index (Phi) is 5.13. The molecule has 2 aromatic heterocycles. The van der Waals surface area contributed by atoms with Crippen LogP contribution in [0.4, 0.5) is 0 Å². The zero-order valence-corrected chi connectivity index (χ0v) is 17.3. The molecule has 1 atom stereocenters. The lowest BCUT2D eigenvalue weighted by atomic mass is 10.0. The second-order valence-electron chi connectivity index (χ2n) is 7.58. The SMILES string of the molecule is COc1ccc(OC)c(C2CCCN2C(=O)c2cnc3c(cnn3C(C)C)c2)c1. The second kappa shape index (κ2) is 7.73. The first kappa shape index (κ1) is 19.2. The molecule has 152 valence electrons. The average molecular weight is 394 g/mol. The normalized spacial score (nSPS) is 16.6. The van der Waals surface area contributed by atoms with Crippen LogP contribution < -0.4 is 9.47 Å². The van der Waals surface area contributed by atoms with Gasteiger partial charge in [0, 0.05) is 29.7 Å². The lowest BCUT2D eigenvalue weighted by Gasteiger charge is -2.26. The summed E-state index contributed by atoms with van der Waals surface area (Å²) in [4.78, 5) is 19.8. The van der Waals surface area contributed by atoms with Crippen LogP contribution in [0.3, 0.4) is 0 Å². The fourth-order valence-electron chi connectivity index (χ4n) is 4.03. The van der Waals surface area contributed by atoms with Gasteiger partial charge in [-0.2, -0.15) is 5.10 Å². The Balaban J connectivity index is 1.67. The van der Waals surface area contributed by atoms with E-state index in [4.69, 9.17) is 9.47 Å². The second-order valence-corrected chi connectivity index (χ2v) is 7.58. The zero-order chi connectivity index (χ0) is 20.5. The van der Waals surface area contributed by atoms with Crippen LogP contribution in [0.25, 0.3) is 11.0 Å². The average Bonchev–Trinajstić information content (AvgIpc) is 3.39. The van der Waals surface area contributed by atoms with Crippen LogP contribution in [0.1, 0.15) is 54.7 Å². The van der Waals surface area contributed by atoms with E-state index in [-0.39, 0.29) is 18.0 Å². The Morgan fingerprint density at radius 1 is 1.17 bits per heavy atom. The molecule has 1 fully saturated rings. The molecule has 7 heteroatoms. The summed E-state index contributed by atoms with van der Waals surface area (Å²) < 4.78 is 12.8. The van der Waals surface area contributed by atoms with Gasteiger partial charge in [0.1, 0.15) is 11.5 Å². The van der Waals surface area contributed by atoms with Crippen LogP contribution in [-0.2, 0) is 0 Å². The molecule has 1 aliphatic rings. The number of benzene rings is 1. The van der Waals surface area contributed by atoms with Crippen LogP contribution in [0.2, 0.25) is 0 Å². The number of ether oxygens (including phenoxy) is 2. The van der Waals surface area contributed by atoms with Gasteiger partial charge >= 0.3 is 0 Å². The summed E-state index contributed by atoms with van der Waals surface area (Å²) in [5, 5.41) is 5.27. The lowest BCUT2D eigenvalue weighted by molar-refractivity contribution is 0.0733. The van der Waals surface area contributed by atoms with Crippen molar-refractivity contribution in [3.05, 3.63) is 47.8 Å². The van der Waals surface area contributed by atoms with Crippen molar-refractivity contribution in [3.8, 4) is 11.5 Å². The highest BCUT2D eigenvalue weighted by Gasteiger charge is 2.33. The number of nitrogens with zero attached hydrogens (tertiary/aromatic N) is 4. The fraction of sp³-hybridized carbons (Fsp3) is 0.409. The quantitative estimate of drug-likeness (QED) is 0.654. The van der Waals surface area contributed by atoms with Crippen molar-refractivity contribution in [1.82, 2.24) is 19.7 Å². The van der Waals surface area contributed by atoms with Crippen molar-refractivity contribution in [2.75, 3.05) is 20.8 Å². The molecular formula is C22H26N4O3. The van der Waals surface area contributed by atoms with Gasteiger partial charge in [-0.05, 0) is 51.0 Å². The number of fused-ring (bicyclic) bond motifs is 1.